The van der Waals surface area contributed by atoms with Gasteiger partial charge in [0.05, 0.1) is 9.79 Å². The van der Waals surface area contributed by atoms with Gasteiger partial charge in [-0.05, 0) is 19.4 Å². The molecular formula is C14H19NOS2. The maximum absolute atomic E-state index is 5.41. The lowest BCUT2D eigenvalue weighted by atomic mass is 10.2. The largest absolute Gasteiger partial charge is 0.391 e. The van der Waals surface area contributed by atoms with Crippen molar-refractivity contribution < 1.29 is 4.84 Å². The SMILES string of the molecule is C/C(CC1(C)SCCS1)=N\OCc1ccccc1. The molecule has 1 saturated heterocycles. The second kappa shape index (κ2) is 6.53. The van der Waals surface area contributed by atoms with Crippen molar-refractivity contribution in [1.82, 2.24) is 0 Å². The van der Waals surface area contributed by atoms with E-state index < -0.39 is 0 Å². The third-order valence-electron chi connectivity index (χ3n) is 2.77. The number of hydrogen-bond donors (Lipinski definition) is 0. The highest BCUT2D eigenvalue weighted by atomic mass is 32.2. The first-order valence-electron chi connectivity index (χ1n) is 6.15. The van der Waals surface area contributed by atoms with Crippen molar-refractivity contribution in [2.75, 3.05) is 11.5 Å². The molecule has 1 fully saturated rings. The highest BCUT2D eigenvalue weighted by Gasteiger charge is 2.30. The zero-order valence-electron chi connectivity index (χ0n) is 10.9. The Bertz CT molecular complexity index is 400. The molecule has 0 unspecified atom stereocenters. The van der Waals surface area contributed by atoms with Crippen LogP contribution in [-0.4, -0.2) is 21.3 Å². The smallest absolute Gasteiger partial charge is 0.142 e. The van der Waals surface area contributed by atoms with E-state index in [0.717, 1.165) is 17.7 Å². The number of hydrogen-bond acceptors (Lipinski definition) is 4. The standard InChI is InChI=1S/C14H19NOS2/c1-12(10-14(2)17-8-9-18-14)15-16-11-13-6-4-3-5-7-13/h3-7H,8-11H2,1-2H3/b15-12+. The van der Waals surface area contributed by atoms with Crippen LogP contribution in [0, 0.1) is 0 Å². The zero-order valence-corrected chi connectivity index (χ0v) is 12.5. The fourth-order valence-electron chi connectivity index (χ4n) is 1.95. The molecule has 0 amide bonds. The summed E-state index contributed by atoms with van der Waals surface area (Å²) in [5.41, 5.74) is 2.24. The maximum Gasteiger partial charge on any atom is 0.142 e. The van der Waals surface area contributed by atoms with Crippen LogP contribution in [0.15, 0.2) is 35.5 Å². The van der Waals surface area contributed by atoms with Crippen molar-refractivity contribution >= 4 is 29.2 Å². The molecule has 1 heterocycles. The van der Waals surface area contributed by atoms with Crippen LogP contribution in [0.3, 0.4) is 0 Å². The quantitative estimate of drug-likeness (QED) is 0.597. The van der Waals surface area contributed by atoms with Crippen LogP contribution in [0.25, 0.3) is 0 Å². The van der Waals surface area contributed by atoms with Gasteiger partial charge < -0.3 is 4.84 Å². The molecule has 0 saturated carbocycles. The number of rotatable bonds is 5. The Morgan fingerprint density at radius 1 is 1.28 bits per heavy atom. The van der Waals surface area contributed by atoms with Crippen molar-refractivity contribution in [3.63, 3.8) is 0 Å². The molecule has 0 aliphatic carbocycles. The Morgan fingerprint density at radius 2 is 1.94 bits per heavy atom. The van der Waals surface area contributed by atoms with Crippen LogP contribution in [0.2, 0.25) is 0 Å². The van der Waals surface area contributed by atoms with Crippen LogP contribution in [0.4, 0.5) is 0 Å². The summed E-state index contributed by atoms with van der Waals surface area (Å²) >= 11 is 4.06. The molecule has 2 rings (SSSR count). The van der Waals surface area contributed by atoms with Crippen molar-refractivity contribution in [2.24, 2.45) is 5.16 Å². The summed E-state index contributed by atoms with van der Waals surface area (Å²) in [7, 11) is 0. The molecular weight excluding hydrogens is 262 g/mol. The number of nitrogens with zero attached hydrogens (tertiary/aromatic N) is 1. The summed E-state index contributed by atoms with van der Waals surface area (Å²) in [5.74, 6) is 2.50. The lowest BCUT2D eigenvalue weighted by Gasteiger charge is -2.20. The van der Waals surface area contributed by atoms with Gasteiger partial charge in [-0.2, -0.15) is 0 Å². The topological polar surface area (TPSA) is 21.6 Å². The summed E-state index contributed by atoms with van der Waals surface area (Å²) in [6.45, 7) is 4.90. The molecule has 1 aliphatic heterocycles. The van der Waals surface area contributed by atoms with E-state index in [0.29, 0.717) is 10.7 Å². The van der Waals surface area contributed by atoms with Gasteiger partial charge >= 0.3 is 0 Å². The molecule has 1 aromatic carbocycles. The summed E-state index contributed by atoms with van der Waals surface area (Å²) in [5, 5.41) is 4.22. The van der Waals surface area contributed by atoms with Gasteiger partial charge in [0.1, 0.15) is 6.61 Å². The predicted octanol–water partition coefficient (Wildman–Crippen LogP) is 4.17. The Morgan fingerprint density at radius 3 is 2.61 bits per heavy atom. The van der Waals surface area contributed by atoms with Crippen LogP contribution in [-0.2, 0) is 11.4 Å². The monoisotopic (exact) mass is 281 g/mol. The van der Waals surface area contributed by atoms with Crippen molar-refractivity contribution in [1.29, 1.82) is 0 Å². The predicted molar refractivity (Wildman–Crippen MR) is 82.3 cm³/mol. The molecule has 1 aromatic rings. The van der Waals surface area contributed by atoms with Gasteiger partial charge in [0.25, 0.3) is 0 Å². The summed E-state index contributed by atoms with van der Waals surface area (Å²) in [4.78, 5) is 5.41. The number of thioether (sulfide) groups is 2. The number of benzene rings is 1. The first-order valence-corrected chi connectivity index (χ1v) is 8.12. The number of oxime groups is 1. The third kappa shape index (κ3) is 4.25. The van der Waals surface area contributed by atoms with Gasteiger partial charge in [0.2, 0.25) is 0 Å². The minimum Gasteiger partial charge on any atom is -0.391 e. The van der Waals surface area contributed by atoms with E-state index in [9.17, 15) is 0 Å². The average Bonchev–Trinajstić information content (AvgIpc) is 2.77. The van der Waals surface area contributed by atoms with Gasteiger partial charge in [-0.15, -0.1) is 23.5 Å². The molecule has 4 heteroatoms. The first kappa shape index (κ1) is 13.8. The van der Waals surface area contributed by atoms with Gasteiger partial charge in [-0.25, -0.2) is 0 Å². The second-order valence-corrected chi connectivity index (χ2v) is 8.05. The molecule has 0 radical (unpaired) electrons. The molecule has 0 aromatic heterocycles. The van der Waals surface area contributed by atoms with Gasteiger partial charge in [-0.3, -0.25) is 0 Å². The lowest BCUT2D eigenvalue weighted by Crippen LogP contribution is -2.15. The minimum absolute atomic E-state index is 0.295. The Labute approximate surface area is 118 Å². The normalized spacial score (nSPS) is 18.9. The van der Waals surface area contributed by atoms with Crippen molar-refractivity contribution in [3.05, 3.63) is 35.9 Å². The fourth-order valence-corrected chi connectivity index (χ4v) is 4.93. The van der Waals surface area contributed by atoms with Crippen molar-refractivity contribution in [2.45, 2.75) is 31.0 Å². The van der Waals surface area contributed by atoms with E-state index in [4.69, 9.17) is 4.84 Å². The fraction of sp³-hybridized carbons (Fsp3) is 0.500. The highest BCUT2D eigenvalue weighted by Crippen LogP contribution is 2.46. The highest BCUT2D eigenvalue weighted by molar-refractivity contribution is 8.21. The Balaban J connectivity index is 1.79. The minimum atomic E-state index is 0.295. The molecule has 2 nitrogen and oxygen atoms in total. The molecule has 1 aliphatic rings. The molecule has 0 bridgehead atoms. The van der Waals surface area contributed by atoms with Crippen LogP contribution in [0.1, 0.15) is 25.8 Å². The van der Waals surface area contributed by atoms with Gasteiger partial charge in [-0.1, -0.05) is 35.5 Å². The summed E-state index contributed by atoms with van der Waals surface area (Å²) < 4.78 is 0.295. The third-order valence-corrected chi connectivity index (χ3v) is 6.06. The molecule has 0 spiro atoms. The van der Waals surface area contributed by atoms with E-state index in [1.807, 2.05) is 41.7 Å². The van der Waals surface area contributed by atoms with E-state index >= 15 is 0 Å². The summed E-state index contributed by atoms with van der Waals surface area (Å²) in [6, 6.07) is 10.1. The van der Waals surface area contributed by atoms with Crippen LogP contribution >= 0.6 is 23.5 Å². The maximum atomic E-state index is 5.41. The van der Waals surface area contributed by atoms with Gasteiger partial charge in [0, 0.05) is 17.9 Å². The van der Waals surface area contributed by atoms with E-state index in [-0.39, 0.29) is 0 Å². The second-order valence-electron chi connectivity index (χ2n) is 4.59. The molecule has 0 atom stereocenters. The average molecular weight is 281 g/mol. The lowest BCUT2D eigenvalue weighted by molar-refractivity contribution is 0.129. The van der Waals surface area contributed by atoms with Crippen LogP contribution < -0.4 is 0 Å². The van der Waals surface area contributed by atoms with Gasteiger partial charge in [0.15, 0.2) is 0 Å². The molecule has 0 N–H and O–H groups in total. The molecule has 18 heavy (non-hydrogen) atoms. The van der Waals surface area contributed by atoms with Crippen LogP contribution in [0.5, 0.6) is 0 Å². The molecule has 98 valence electrons. The van der Waals surface area contributed by atoms with Crippen molar-refractivity contribution in [3.8, 4) is 0 Å². The Kier molecular flexibility index (Phi) is 5.01. The zero-order chi connectivity index (χ0) is 12.8. The first-order chi connectivity index (χ1) is 8.68. The summed E-state index contributed by atoms with van der Waals surface area (Å²) in [6.07, 6.45) is 0.997. The van der Waals surface area contributed by atoms with E-state index in [1.165, 1.54) is 11.5 Å². The van der Waals surface area contributed by atoms with E-state index in [2.05, 4.69) is 31.1 Å². The van der Waals surface area contributed by atoms with E-state index in [1.54, 1.807) is 0 Å². The Hall–Kier alpha value is -0.610.